The highest BCUT2D eigenvalue weighted by Gasteiger charge is 2.11. The predicted octanol–water partition coefficient (Wildman–Crippen LogP) is 2.89. The maximum absolute atomic E-state index is 11.9. The summed E-state index contributed by atoms with van der Waals surface area (Å²) in [5, 5.41) is 6.12. The van der Waals surface area contributed by atoms with Crippen LogP contribution < -0.4 is 10.1 Å². The summed E-state index contributed by atoms with van der Waals surface area (Å²) in [6, 6.07) is 5.19. The largest absolute Gasteiger partial charge is 0.496 e. The molecule has 6 nitrogen and oxygen atoms in total. The second-order valence-corrected chi connectivity index (χ2v) is 4.32. The molecule has 1 amide bonds. The van der Waals surface area contributed by atoms with Crippen LogP contribution in [0, 0.1) is 0 Å². The zero-order valence-corrected chi connectivity index (χ0v) is 11.5. The molecule has 0 atom stereocenters. The van der Waals surface area contributed by atoms with Crippen LogP contribution in [0.1, 0.15) is 16.8 Å². The fourth-order valence-electron chi connectivity index (χ4n) is 1.34. The summed E-state index contributed by atoms with van der Waals surface area (Å²) < 4.78 is 5.98. The minimum absolute atomic E-state index is 0.208. The summed E-state index contributed by atoms with van der Waals surface area (Å²) in [7, 11) is 1.51. The molecular formula is C11H13BrN4O2. The number of azide groups is 1. The fraction of sp³-hybridized carbons (Fsp3) is 0.364. The van der Waals surface area contributed by atoms with Crippen LogP contribution in [-0.4, -0.2) is 26.1 Å². The zero-order valence-electron chi connectivity index (χ0n) is 9.89. The summed E-state index contributed by atoms with van der Waals surface area (Å²) in [6.07, 6.45) is 0.606. The van der Waals surface area contributed by atoms with Gasteiger partial charge < -0.3 is 10.1 Å². The van der Waals surface area contributed by atoms with Gasteiger partial charge in [-0.25, -0.2) is 0 Å². The lowest BCUT2D eigenvalue weighted by Gasteiger charge is -2.09. The van der Waals surface area contributed by atoms with Crippen LogP contribution in [-0.2, 0) is 0 Å². The molecule has 18 heavy (non-hydrogen) atoms. The first kappa shape index (κ1) is 14.3. The topological polar surface area (TPSA) is 87.1 Å². The molecule has 0 radical (unpaired) electrons. The highest BCUT2D eigenvalue weighted by molar-refractivity contribution is 9.10. The van der Waals surface area contributed by atoms with E-state index in [9.17, 15) is 4.79 Å². The first-order chi connectivity index (χ1) is 8.69. The van der Waals surface area contributed by atoms with Gasteiger partial charge in [0.05, 0.1) is 12.7 Å². The summed E-state index contributed by atoms with van der Waals surface area (Å²) in [4.78, 5) is 14.5. The van der Waals surface area contributed by atoms with Crippen molar-refractivity contribution in [1.29, 1.82) is 0 Å². The predicted molar refractivity (Wildman–Crippen MR) is 71.7 cm³/mol. The first-order valence-corrected chi connectivity index (χ1v) is 6.11. The lowest BCUT2D eigenvalue weighted by molar-refractivity contribution is 0.0950. The summed E-state index contributed by atoms with van der Waals surface area (Å²) in [5.74, 6) is 0.303. The van der Waals surface area contributed by atoms with Gasteiger partial charge in [0.1, 0.15) is 5.75 Å². The normalized spacial score (nSPS) is 9.44. The van der Waals surface area contributed by atoms with Gasteiger partial charge in [0.15, 0.2) is 0 Å². The molecule has 0 saturated carbocycles. The van der Waals surface area contributed by atoms with E-state index in [0.717, 1.165) is 4.47 Å². The van der Waals surface area contributed by atoms with E-state index in [1.54, 1.807) is 18.2 Å². The number of rotatable bonds is 6. The summed E-state index contributed by atoms with van der Waals surface area (Å²) in [5.41, 5.74) is 8.57. The number of hydrogen-bond acceptors (Lipinski definition) is 3. The Morgan fingerprint density at radius 2 is 2.39 bits per heavy atom. The van der Waals surface area contributed by atoms with Crippen molar-refractivity contribution in [2.24, 2.45) is 5.11 Å². The molecule has 0 aliphatic carbocycles. The minimum Gasteiger partial charge on any atom is -0.496 e. The third kappa shape index (κ3) is 4.27. The molecule has 0 aliphatic heterocycles. The average Bonchev–Trinajstić information content (AvgIpc) is 2.38. The van der Waals surface area contributed by atoms with Gasteiger partial charge in [-0.05, 0) is 30.2 Å². The number of nitrogens with zero attached hydrogens (tertiary/aromatic N) is 3. The Bertz CT molecular complexity index is 472. The fourth-order valence-corrected chi connectivity index (χ4v) is 1.68. The Hall–Kier alpha value is -1.72. The van der Waals surface area contributed by atoms with E-state index in [1.807, 2.05) is 0 Å². The zero-order chi connectivity index (χ0) is 13.4. The third-order valence-electron chi connectivity index (χ3n) is 2.19. The maximum Gasteiger partial charge on any atom is 0.255 e. The number of ether oxygens (including phenoxy) is 1. The van der Waals surface area contributed by atoms with Crippen LogP contribution in [0.2, 0.25) is 0 Å². The molecule has 1 rings (SSSR count). The number of methoxy groups -OCH3 is 1. The highest BCUT2D eigenvalue weighted by atomic mass is 79.9. The third-order valence-corrected chi connectivity index (χ3v) is 2.69. The van der Waals surface area contributed by atoms with Crippen molar-refractivity contribution in [1.82, 2.24) is 5.32 Å². The van der Waals surface area contributed by atoms with E-state index in [2.05, 4.69) is 31.3 Å². The second-order valence-electron chi connectivity index (χ2n) is 3.41. The standard InChI is InChI=1S/C11H13BrN4O2/c1-18-10-7-8(12)3-4-9(10)11(17)14-5-2-6-15-16-13/h3-4,7H,2,5-6H2,1H3,(H,14,17). The van der Waals surface area contributed by atoms with E-state index in [1.165, 1.54) is 7.11 Å². The van der Waals surface area contributed by atoms with E-state index >= 15 is 0 Å². The maximum atomic E-state index is 11.9. The number of benzene rings is 1. The number of nitrogens with one attached hydrogen (secondary N) is 1. The van der Waals surface area contributed by atoms with Gasteiger partial charge in [0, 0.05) is 22.5 Å². The molecule has 0 unspecified atom stereocenters. The van der Waals surface area contributed by atoms with Crippen molar-refractivity contribution in [3.8, 4) is 5.75 Å². The van der Waals surface area contributed by atoms with Gasteiger partial charge >= 0.3 is 0 Å². The number of carbonyl (C=O) groups is 1. The molecule has 1 N–H and O–H groups in total. The average molecular weight is 313 g/mol. The van der Waals surface area contributed by atoms with Crippen LogP contribution >= 0.6 is 15.9 Å². The van der Waals surface area contributed by atoms with Crippen molar-refractivity contribution >= 4 is 21.8 Å². The van der Waals surface area contributed by atoms with Crippen LogP contribution in [0.15, 0.2) is 27.8 Å². The monoisotopic (exact) mass is 312 g/mol. The van der Waals surface area contributed by atoms with Crippen molar-refractivity contribution in [3.05, 3.63) is 38.7 Å². The van der Waals surface area contributed by atoms with Gasteiger partial charge in [-0.1, -0.05) is 21.0 Å². The highest BCUT2D eigenvalue weighted by Crippen LogP contribution is 2.23. The van der Waals surface area contributed by atoms with Crippen LogP contribution in [0.5, 0.6) is 5.75 Å². The molecule has 0 aromatic heterocycles. The Morgan fingerprint density at radius 1 is 1.61 bits per heavy atom. The van der Waals surface area contributed by atoms with Gasteiger partial charge in [-0.2, -0.15) is 0 Å². The molecule has 1 aromatic rings. The molecular weight excluding hydrogens is 300 g/mol. The lowest BCUT2D eigenvalue weighted by Crippen LogP contribution is -2.25. The molecule has 0 spiro atoms. The van der Waals surface area contributed by atoms with E-state index in [0.29, 0.717) is 30.8 Å². The Morgan fingerprint density at radius 3 is 3.06 bits per heavy atom. The molecule has 96 valence electrons. The summed E-state index contributed by atoms with van der Waals surface area (Å²) in [6.45, 7) is 0.825. The lowest BCUT2D eigenvalue weighted by atomic mass is 10.2. The van der Waals surface area contributed by atoms with Crippen LogP contribution in [0.25, 0.3) is 10.4 Å². The second kappa shape index (κ2) is 7.58. The van der Waals surface area contributed by atoms with E-state index in [4.69, 9.17) is 10.3 Å². The van der Waals surface area contributed by atoms with Crippen molar-refractivity contribution in [2.45, 2.75) is 6.42 Å². The Kier molecular flexibility index (Phi) is 6.04. The number of amides is 1. The van der Waals surface area contributed by atoms with Gasteiger partial charge in [-0.15, -0.1) is 0 Å². The quantitative estimate of drug-likeness (QED) is 0.379. The van der Waals surface area contributed by atoms with Gasteiger partial charge in [0.25, 0.3) is 5.91 Å². The molecule has 0 heterocycles. The Labute approximate surface area is 113 Å². The number of hydrogen-bond donors (Lipinski definition) is 1. The number of carbonyl (C=O) groups excluding carboxylic acids is 1. The smallest absolute Gasteiger partial charge is 0.255 e. The molecule has 0 aliphatic rings. The molecule has 0 bridgehead atoms. The number of halogens is 1. The first-order valence-electron chi connectivity index (χ1n) is 5.31. The molecule has 1 aromatic carbocycles. The van der Waals surface area contributed by atoms with Crippen molar-refractivity contribution in [2.75, 3.05) is 20.2 Å². The van der Waals surface area contributed by atoms with Crippen molar-refractivity contribution in [3.63, 3.8) is 0 Å². The molecule has 0 saturated heterocycles. The van der Waals surface area contributed by atoms with Crippen molar-refractivity contribution < 1.29 is 9.53 Å². The molecule has 0 fully saturated rings. The minimum atomic E-state index is -0.208. The molecule has 7 heteroatoms. The van der Waals surface area contributed by atoms with E-state index < -0.39 is 0 Å². The van der Waals surface area contributed by atoms with Crippen LogP contribution in [0.3, 0.4) is 0 Å². The van der Waals surface area contributed by atoms with Crippen LogP contribution in [0.4, 0.5) is 0 Å². The van der Waals surface area contributed by atoms with Gasteiger partial charge in [0.2, 0.25) is 0 Å². The van der Waals surface area contributed by atoms with Gasteiger partial charge in [-0.3, -0.25) is 4.79 Å². The Balaban J connectivity index is 2.58. The van der Waals surface area contributed by atoms with E-state index in [-0.39, 0.29) is 5.91 Å². The summed E-state index contributed by atoms with van der Waals surface area (Å²) >= 11 is 3.31. The SMILES string of the molecule is COc1cc(Br)ccc1C(=O)NCCCN=[N+]=[N-].